The molecule has 0 aliphatic rings. The Hall–Kier alpha value is -0.430. The van der Waals surface area contributed by atoms with Gasteiger partial charge in [-0.2, -0.15) is 0 Å². The van der Waals surface area contributed by atoms with Gasteiger partial charge in [0.15, 0.2) is 0 Å². The van der Waals surface area contributed by atoms with E-state index in [1.165, 1.54) is 0 Å². The standard InChI is InChI=1S/C13H21BrN2O2S/c1-13(2,3)9-16-19(17,18)12-7-10(8-15-4)5-6-11(12)14/h5-7,15-16H,8-9H2,1-4H3. The monoisotopic (exact) mass is 348 g/mol. The Kier molecular flexibility index (Phi) is 5.55. The lowest BCUT2D eigenvalue weighted by atomic mass is 9.98. The van der Waals surface area contributed by atoms with Crippen molar-refractivity contribution in [1.29, 1.82) is 0 Å². The molecular weight excluding hydrogens is 328 g/mol. The van der Waals surface area contributed by atoms with Gasteiger partial charge in [-0.15, -0.1) is 0 Å². The van der Waals surface area contributed by atoms with Crippen molar-refractivity contribution in [1.82, 2.24) is 10.0 Å². The molecule has 0 aromatic heterocycles. The molecule has 0 radical (unpaired) electrons. The molecule has 1 aromatic carbocycles. The highest BCUT2D eigenvalue weighted by atomic mass is 79.9. The Morgan fingerprint density at radius 2 is 1.89 bits per heavy atom. The topological polar surface area (TPSA) is 58.2 Å². The van der Waals surface area contributed by atoms with Crippen molar-refractivity contribution < 1.29 is 8.42 Å². The summed E-state index contributed by atoms with van der Waals surface area (Å²) < 4.78 is 27.8. The first-order valence-electron chi connectivity index (χ1n) is 6.08. The van der Waals surface area contributed by atoms with Gasteiger partial charge in [-0.1, -0.05) is 26.8 Å². The van der Waals surface area contributed by atoms with E-state index >= 15 is 0 Å². The summed E-state index contributed by atoms with van der Waals surface area (Å²) in [5.41, 5.74) is 0.837. The van der Waals surface area contributed by atoms with Crippen LogP contribution in [-0.4, -0.2) is 22.0 Å². The first-order valence-corrected chi connectivity index (χ1v) is 8.36. The first-order chi connectivity index (χ1) is 8.65. The Labute approximate surface area is 124 Å². The molecule has 0 fully saturated rings. The zero-order valence-corrected chi connectivity index (χ0v) is 14.2. The fourth-order valence-corrected chi connectivity index (χ4v) is 3.75. The quantitative estimate of drug-likeness (QED) is 0.859. The minimum atomic E-state index is -3.49. The van der Waals surface area contributed by atoms with E-state index in [-0.39, 0.29) is 10.3 Å². The molecule has 4 nitrogen and oxygen atoms in total. The number of sulfonamides is 1. The lowest BCUT2D eigenvalue weighted by Gasteiger charge is -2.19. The van der Waals surface area contributed by atoms with Crippen LogP contribution in [-0.2, 0) is 16.6 Å². The number of benzene rings is 1. The number of rotatable bonds is 5. The summed E-state index contributed by atoms with van der Waals surface area (Å²) in [4.78, 5) is 0.282. The molecule has 108 valence electrons. The third kappa shape index (κ3) is 5.22. The molecule has 19 heavy (non-hydrogen) atoms. The minimum Gasteiger partial charge on any atom is -0.316 e. The minimum absolute atomic E-state index is 0.0951. The summed E-state index contributed by atoms with van der Waals surface area (Å²) in [5, 5.41) is 3.01. The highest BCUT2D eigenvalue weighted by Gasteiger charge is 2.21. The van der Waals surface area contributed by atoms with Crippen LogP contribution in [0.3, 0.4) is 0 Å². The second kappa shape index (κ2) is 6.35. The zero-order chi connectivity index (χ0) is 14.7. The molecule has 0 amide bonds. The largest absolute Gasteiger partial charge is 0.316 e. The van der Waals surface area contributed by atoms with Crippen LogP contribution in [0.25, 0.3) is 0 Å². The lowest BCUT2D eigenvalue weighted by Crippen LogP contribution is -2.32. The van der Waals surface area contributed by atoms with E-state index in [4.69, 9.17) is 0 Å². The van der Waals surface area contributed by atoms with Crippen molar-refractivity contribution in [2.24, 2.45) is 5.41 Å². The van der Waals surface area contributed by atoms with E-state index in [2.05, 4.69) is 26.0 Å². The summed E-state index contributed by atoms with van der Waals surface area (Å²) in [6.45, 7) is 7.00. The van der Waals surface area contributed by atoms with Crippen molar-refractivity contribution in [3.63, 3.8) is 0 Å². The Bertz CT molecular complexity index is 536. The highest BCUT2D eigenvalue weighted by Crippen LogP contribution is 2.24. The number of hydrogen-bond donors (Lipinski definition) is 2. The van der Waals surface area contributed by atoms with Crippen molar-refractivity contribution in [3.8, 4) is 0 Å². The van der Waals surface area contributed by atoms with Gasteiger partial charge in [-0.05, 0) is 46.1 Å². The van der Waals surface area contributed by atoms with Crippen LogP contribution in [0.1, 0.15) is 26.3 Å². The Morgan fingerprint density at radius 3 is 2.42 bits per heavy atom. The van der Waals surface area contributed by atoms with Crippen molar-refractivity contribution in [3.05, 3.63) is 28.2 Å². The first kappa shape index (κ1) is 16.6. The highest BCUT2D eigenvalue weighted by molar-refractivity contribution is 9.10. The molecule has 0 unspecified atom stereocenters. The van der Waals surface area contributed by atoms with Gasteiger partial charge in [0.25, 0.3) is 0 Å². The van der Waals surface area contributed by atoms with Crippen LogP contribution >= 0.6 is 15.9 Å². The van der Waals surface area contributed by atoms with Crippen molar-refractivity contribution in [2.45, 2.75) is 32.2 Å². The number of halogens is 1. The second-order valence-electron chi connectivity index (χ2n) is 5.68. The summed E-state index contributed by atoms with van der Waals surface area (Å²) in [5.74, 6) is 0. The van der Waals surface area contributed by atoms with Gasteiger partial charge in [0.05, 0.1) is 4.90 Å². The molecule has 0 saturated carbocycles. The maximum Gasteiger partial charge on any atom is 0.241 e. The zero-order valence-electron chi connectivity index (χ0n) is 11.7. The lowest BCUT2D eigenvalue weighted by molar-refractivity contribution is 0.407. The second-order valence-corrected chi connectivity index (χ2v) is 8.27. The average molecular weight is 349 g/mol. The normalized spacial score (nSPS) is 12.7. The van der Waals surface area contributed by atoms with Gasteiger partial charge >= 0.3 is 0 Å². The van der Waals surface area contributed by atoms with Crippen LogP contribution < -0.4 is 10.0 Å². The summed E-state index contributed by atoms with van der Waals surface area (Å²) in [6.07, 6.45) is 0. The SMILES string of the molecule is CNCc1ccc(Br)c(S(=O)(=O)NCC(C)(C)C)c1. The van der Waals surface area contributed by atoms with Crippen LogP contribution in [0.15, 0.2) is 27.6 Å². The summed E-state index contributed by atoms with van der Waals surface area (Å²) >= 11 is 3.30. The third-order valence-corrected chi connectivity index (χ3v) is 4.85. The van der Waals surface area contributed by atoms with Crippen molar-refractivity contribution >= 4 is 26.0 Å². The summed E-state index contributed by atoms with van der Waals surface area (Å²) in [6, 6.07) is 5.34. The van der Waals surface area contributed by atoms with Crippen molar-refractivity contribution in [2.75, 3.05) is 13.6 Å². The predicted octanol–water partition coefficient (Wildman–Crippen LogP) is 2.49. The fraction of sp³-hybridized carbons (Fsp3) is 0.538. The van der Waals surface area contributed by atoms with E-state index in [1.54, 1.807) is 12.1 Å². The van der Waals surface area contributed by atoms with Crippen LogP contribution in [0, 0.1) is 5.41 Å². The van der Waals surface area contributed by atoms with Gasteiger partial charge < -0.3 is 5.32 Å². The number of hydrogen-bond acceptors (Lipinski definition) is 3. The Morgan fingerprint density at radius 1 is 1.26 bits per heavy atom. The van der Waals surface area contributed by atoms with Gasteiger partial charge in [-0.3, -0.25) is 0 Å². The summed E-state index contributed by atoms with van der Waals surface area (Å²) in [7, 11) is -1.66. The fourth-order valence-electron chi connectivity index (χ4n) is 1.46. The van der Waals surface area contributed by atoms with Gasteiger partial charge in [0, 0.05) is 17.6 Å². The smallest absolute Gasteiger partial charge is 0.241 e. The van der Waals surface area contributed by atoms with Crippen LogP contribution in [0.4, 0.5) is 0 Å². The third-order valence-electron chi connectivity index (χ3n) is 2.46. The molecule has 0 saturated heterocycles. The molecule has 6 heteroatoms. The molecule has 2 N–H and O–H groups in total. The number of nitrogens with one attached hydrogen (secondary N) is 2. The maximum atomic E-state index is 12.3. The molecule has 0 atom stereocenters. The van der Waals surface area contributed by atoms with Gasteiger partial charge in [0.2, 0.25) is 10.0 Å². The molecular formula is C13H21BrN2O2S. The average Bonchev–Trinajstić information content (AvgIpc) is 2.29. The Balaban J connectivity index is 3.03. The molecule has 1 rings (SSSR count). The van der Waals surface area contributed by atoms with Gasteiger partial charge in [-0.25, -0.2) is 13.1 Å². The predicted molar refractivity (Wildman–Crippen MR) is 81.5 cm³/mol. The molecule has 1 aromatic rings. The van der Waals surface area contributed by atoms with E-state index in [1.807, 2.05) is 33.9 Å². The van der Waals surface area contributed by atoms with E-state index < -0.39 is 10.0 Å². The maximum absolute atomic E-state index is 12.3. The van der Waals surface area contributed by atoms with E-state index in [0.29, 0.717) is 17.6 Å². The van der Waals surface area contributed by atoms with Gasteiger partial charge in [0.1, 0.15) is 0 Å². The molecule has 0 spiro atoms. The van der Waals surface area contributed by atoms with E-state index in [9.17, 15) is 8.42 Å². The van der Waals surface area contributed by atoms with Crippen LogP contribution in [0.5, 0.6) is 0 Å². The molecule has 0 heterocycles. The molecule has 0 aliphatic heterocycles. The molecule has 0 bridgehead atoms. The van der Waals surface area contributed by atoms with E-state index in [0.717, 1.165) is 5.56 Å². The molecule has 0 aliphatic carbocycles. The van der Waals surface area contributed by atoms with Crippen LogP contribution in [0.2, 0.25) is 0 Å².